The number of nitrogens with zero attached hydrogens (tertiary/aromatic N) is 1. The van der Waals surface area contributed by atoms with E-state index in [1.54, 1.807) is 24.5 Å². The van der Waals surface area contributed by atoms with Crippen LogP contribution < -0.4 is 10.6 Å². The molecule has 5 nitrogen and oxygen atoms in total. The van der Waals surface area contributed by atoms with Crippen LogP contribution in [0.15, 0.2) is 42.7 Å². The van der Waals surface area contributed by atoms with E-state index in [-0.39, 0.29) is 6.54 Å². The average molecular weight is 305 g/mol. The van der Waals surface area contributed by atoms with Crippen LogP contribution in [-0.2, 0) is 16.1 Å². The normalized spacial score (nSPS) is 10.1. The van der Waals surface area contributed by atoms with Crippen LogP contribution in [-0.4, -0.2) is 16.8 Å². The van der Waals surface area contributed by atoms with E-state index in [0.29, 0.717) is 0 Å². The Morgan fingerprint density at radius 2 is 1.64 bits per heavy atom. The van der Waals surface area contributed by atoms with Gasteiger partial charge >= 0.3 is 0 Å². The molecule has 1 aromatic heterocycles. The molecule has 0 aliphatic heterocycles. The molecule has 0 aliphatic carbocycles. The van der Waals surface area contributed by atoms with Gasteiger partial charge in [0, 0.05) is 18.9 Å². The summed E-state index contributed by atoms with van der Waals surface area (Å²) in [4.78, 5) is 27.1. The summed E-state index contributed by atoms with van der Waals surface area (Å²) >= 11 is 0. The van der Waals surface area contributed by atoms with Crippen LogP contribution in [0.25, 0.3) is 0 Å². The fourth-order valence-electron chi connectivity index (χ4n) is 1.71. The van der Waals surface area contributed by atoms with E-state index in [2.05, 4.69) is 10.3 Å². The first-order chi connectivity index (χ1) is 10.6. The van der Waals surface area contributed by atoms with Gasteiger partial charge in [-0.05, 0) is 29.8 Å². The third-order valence-electron chi connectivity index (χ3n) is 2.79. The van der Waals surface area contributed by atoms with Crippen molar-refractivity contribution in [3.63, 3.8) is 0 Å². The lowest BCUT2D eigenvalue weighted by Crippen LogP contribution is -2.28. The zero-order chi connectivity index (χ0) is 15.9. The number of amides is 2. The minimum atomic E-state index is -0.898. The number of hydrogen-bond donors (Lipinski definition) is 2. The number of pyridine rings is 1. The lowest BCUT2D eigenvalue weighted by molar-refractivity contribution is -0.126. The van der Waals surface area contributed by atoms with Gasteiger partial charge in [0.05, 0.1) is 0 Å². The summed E-state index contributed by atoms with van der Waals surface area (Å²) in [6.07, 6.45) is 2.63. The summed E-state index contributed by atoms with van der Waals surface area (Å²) in [5, 5.41) is 4.58. The Morgan fingerprint density at radius 3 is 2.27 bits per heavy atom. The number of aromatic nitrogens is 1. The van der Waals surface area contributed by atoms with Crippen LogP contribution in [0.2, 0.25) is 0 Å². The van der Waals surface area contributed by atoms with Crippen LogP contribution >= 0.6 is 0 Å². The maximum absolute atomic E-state index is 13.4. The van der Waals surface area contributed by atoms with Crippen molar-refractivity contribution in [2.45, 2.75) is 13.0 Å². The highest BCUT2D eigenvalue weighted by Gasteiger charge is 2.14. The SMILES string of the molecule is O=C(CC(=O)Nc1c(F)cccc1F)NCc1ccncc1. The van der Waals surface area contributed by atoms with Crippen LogP contribution in [0.1, 0.15) is 12.0 Å². The van der Waals surface area contributed by atoms with Gasteiger partial charge in [-0.2, -0.15) is 0 Å². The molecule has 0 unspecified atom stereocenters. The predicted octanol–water partition coefficient (Wildman–Crippen LogP) is 2.00. The summed E-state index contributed by atoms with van der Waals surface area (Å²) in [6.45, 7) is 0.239. The van der Waals surface area contributed by atoms with Crippen molar-refractivity contribution in [2.75, 3.05) is 5.32 Å². The van der Waals surface area contributed by atoms with Gasteiger partial charge in [-0.3, -0.25) is 14.6 Å². The molecule has 0 atom stereocenters. The van der Waals surface area contributed by atoms with Crippen molar-refractivity contribution in [3.05, 3.63) is 59.9 Å². The first-order valence-corrected chi connectivity index (χ1v) is 6.45. The summed E-state index contributed by atoms with van der Waals surface area (Å²) in [7, 11) is 0. The fourth-order valence-corrected chi connectivity index (χ4v) is 1.71. The Morgan fingerprint density at radius 1 is 1.00 bits per heavy atom. The van der Waals surface area contributed by atoms with E-state index in [1.165, 1.54) is 6.07 Å². The molecule has 0 saturated heterocycles. The molecule has 7 heteroatoms. The molecule has 0 spiro atoms. The molecule has 2 aromatic rings. The van der Waals surface area contributed by atoms with Crippen molar-refractivity contribution >= 4 is 17.5 Å². The molecule has 2 amide bonds. The molecule has 0 aliphatic rings. The molecule has 1 aromatic carbocycles. The quantitative estimate of drug-likeness (QED) is 0.830. The van der Waals surface area contributed by atoms with Crippen LogP contribution in [0.5, 0.6) is 0 Å². The Labute approximate surface area is 125 Å². The smallest absolute Gasteiger partial charge is 0.233 e. The highest BCUT2D eigenvalue weighted by Crippen LogP contribution is 2.17. The van der Waals surface area contributed by atoms with Crippen molar-refractivity contribution in [2.24, 2.45) is 0 Å². The molecule has 1 heterocycles. The molecule has 22 heavy (non-hydrogen) atoms. The largest absolute Gasteiger partial charge is 0.352 e. The molecular formula is C15H13F2N3O2. The number of benzene rings is 1. The highest BCUT2D eigenvalue weighted by molar-refractivity contribution is 6.03. The lowest BCUT2D eigenvalue weighted by Gasteiger charge is -2.08. The minimum Gasteiger partial charge on any atom is -0.352 e. The second-order valence-corrected chi connectivity index (χ2v) is 4.45. The topological polar surface area (TPSA) is 71.1 Å². The third-order valence-corrected chi connectivity index (χ3v) is 2.79. The number of halogens is 2. The fraction of sp³-hybridized carbons (Fsp3) is 0.133. The standard InChI is InChI=1S/C15H13F2N3O2/c16-11-2-1-3-12(17)15(11)20-14(22)8-13(21)19-9-10-4-6-18-7-5-10/h1-7H,8-9H2,(H,19,21)(H,20,22). The Bertz CT molecular complexity index is 657. The van der Waals surface area contributed by atoms with E-state index in [9.17, 15) is 18.4 Å². The molecule has 0 bridgehead atoms. The number of para-hydroxylation sites is 1. The molecule has 114 valence electrons. The Hall–Kier alpha value is -2.83. The highest BCUT2D eigenvalue weighted by atomic mass is 19.1. The second-order valence-electron chi connectivity index (χ2n) is 4.45. The first kappa shape index (κ1) is 15.6. The van der Waals surface area contributed by atoms with Crippen LogP contribution in [0, 0.1) is 11.6 Å². The first-order valence-electron chi connectivity index (χ1n) is 6.45. The zero-order valence-electron chi connectivity index (χ0n) is 11.5. The van der Waals surface area contributed by atoms with E-state index in [4.69, 9.17) is 0 Å². The number of nitrogens with one attached hydrogen (secondary N) is 2. The number of carbonyl (C=O) groups is 2. The third kappa shape index (κ3) is 4.34. The monoisotopic (exact) mass is 305 g/mol. The second kappa shape index (κ2) is 7.26. The summed E-state index contributed by atoms with van der Waals surface area (Å²) in [5.74, 6) is -3.14. The number of anilines is 1. The number of carbonyl (C=O) groups excluding carboxylic acids is 2. The van der Waals surface area contributed by atoms with E-state index in [1.807, 2.05) is 5.32 Å². The van der Waals surface area contributed by atoms with Crippen molar-refractivity contribution in [1.82, 2.24) is 10.3 Å². The van der Waals surface area contributed by atoms with Crippen molar-refractivity contribution in [3.8, 4) is 0 Å². The van der Waals surface area contributed by atoms with Gasteiger partial charge in [-0.1, -0.05) is 6.07 Å². The molecule has 0 radical (unpaired) electrons. The minimum absolute atomic E-state index is 0.239. The van der Waals surface area contributed by atoms with Crippen molar-refractivity contribution < 1.29 is 18.4 Å². The number of rotatable bonds is 5. The van der Waals surface area contributed by atoms with Crippen molar-refractivity contribution in [1.29, 1.82) is 0 Å². The van der Waals surface area contributed by atoms with E-state index in [0.717, 1.165) is 17.7 Å². The van der Waals surface area contributed by atoms with Gasteiger partial charge in [0.25, 0.3) is 0 Å². The van der Waals surface area contributed by atoms with Gasteiger partial charge in [0.2, 0.25) is 11.8 Å². The molecule has 2 N–H and O–H groups in total. The lowest BCUT2D eigenvalue weighted by atomic mass is 10.2. The van der Waals surface area contributed by atoms with Gasteiger partial charge in [0.15, 0.2) is 0 Å². The Balaban J connectivity index is 1.85. The number of hydrogen-bond acceptors (Lipinski definition) is 3. The zero-order valence-corrected chi connectivity index (χ0v) is 11.5. The van der Waals surface area contributed by atoms with E-state index < -0.39 is 35.6 Å². The summed E-state index contributed by atoms with van der Waals surface area (Å²) in [5.41, 5.74) is 0.262. The van der Waals surface area contributed by atoms with E-state index >= 15 is 0 Å². The van der Waals surface area contributed by atoms with Gasteiger partial charge in [0.1, 0.15) is 23.7 Å². The van der Waals surface area contributed by atoms with Crippen LogP contribution in [0.4, 0.5) is 14.5 Å². The van der Waals surface area contributed by atoms with Gasteiger partial charge in [-0.15, -0.1) is 0 Å². The predicted molar refractivity (Wildman–Crippen MR) is 75.7 cm³/mol. The molecule has 0 fully saturated rings. The maximum Gasteiger partial charge on any atom is 0.233 e. The Kier molecular flexibility index (Phi) is 5.13. The summed E-state index contributed by atoms with van der Waals surface area (Å²) in [6, 6.07) is 6.65. The van der Waals surface area contributed by atoms with Gasteiger partial charge in [-0.25, -0.2) is 8.78 Å². The van der Waals surface area contributed by atoms with Gasteiger partial charge < -0.3 is 10.6 Å². The molecule has 0 saturated carbocycles. The molecule has 2 rings (SSSR count). The molecular weight excluding hydrogens is 292 g/mol. The average Bonchev–Trinajstić information content (AvgIpc) is 2.50. The van der Waals surface area contributed by atoms with Crippen LogP contribution in [0.3, 0.4) is 0 Å². The summed E-state index contributed by atoms with van der Waals surface area (Å²) < 4.78 is 26.7. The maximum atomic E-state index is 13.4.